The second kappa shape index (κ2) is 6.80. The number of aliphatic hydroxyl groups is 2. The lowest BCUT2D eigenvalue weighted by atomic mass is 10.0. The first-order valence-electron chi connectivity index (χ1n) is 5.67. The highest BCUT2D eigenvalue weighted by Gasteiger charge is 2.14. The van der Waals surface area contributed by atoms with Gasteiger partial charge in [0.15, 0.2) is 0 Å². The molecule has 0 atom stereocenters. The smallest absolute Gasteiger partial charge is 0.253 e. The molecular formula is C14H17NO3. The summed E-state index contributed by atoms with van der Waals surface area (Å²) in [7, 11) is 1.64. The van der Waals surface area contributed by atoms with Crippen LogP contribution in [0.5, 0.6) is 0 Å². The van der Waals surface area contributed by atoms with Crippen LogP contribution in [0.3, 0.4) is 0 Å². The lowest BCUT2D eigenvalue weighted by molar-refractivity contribution is 0.0766. The number of nitrogens with zero attached hydrogens (tertiary/aromatic N) is 1. The van der Waals surface area contributed by atoms with Crippen molar-refractivity contribution in [3.8, 4) is 11.8 Å². The number of rotatable bonds is 3. The molecule has 0 saturated carbocycles. The van der Waals surface area contributed by atoms with Crippen LogP contribution in [0.2, 0.25) is 0 Å². The Hall–Kier alpha value is -1.83. The van der Waals surface area contributed by atoms with E-state index in [4.69, 9.17) is 10.2 Å². The minimum Gasteiger partial charge on any atom is -0.395 e. The summed E-state index contributed by atoms with van der Waals surface area (Å²) in [5.41, 5.74) is 2.08. The summed E-state index contributed by atoms with van der Waals surface area (Å²) in [6.45, 7) is 1.85. The van der Waals surface area contributed by atoms with Crippen molar-refractivity contribution in [3.05, 3.63) is 34.9 Å². The van der Waals surface area contributed by atoms with E-state index < -0.39 is 0 Å². The zero-order chi connectivity index (χ0) is 13.5. The Balaban J connectivity index is 3.07. The molecule has 0 fully saturated rings. The van der Waals surface area contributed by atoms with Crippen molar-refractivity contribution in [1.29, 1.82) is 0 Å². The number of benzene rings is 1. The van der Waals surface area contributed by atoms with Crippen LogP contribution in [-0.4, -0.2) is 47.8 Å². The number of likely N-dealkylation sites (N-methyl/N-ethyl adjacent to an activating group) is 1. The number of aliphatic hydroxyl groups excluding tert-OH is 2. The van der Waals surface area contributed by atoms with Gasteiger partial charge in [-0.2, -0.15) is 0 Å². The molecule has 1 amide bonds. The molecule has 18 heavy (non-hydrogen) atoms. The average Bonchev–Trinajstić information content (AvgIpc) is 2.37. The van der Waals surface area contributed by atoms with Gasteiger partial charge in [-0.3, -0.25) is 4.79 Å². The van der Waals surface area contributed by atoms with E-state index in [0.29, 0.717) is 12.1 Å². The van der Waals surface area contributed by atoms with Gasteiger partial charge in [0.25, 0.3) is 5.91 Å². The topological polar surface area (TPSA) is 60.8 Å². The molecule has 1 aromatic rings. The molecule has 1 aromatic carbocycles. The molecule has 96 valence electrons. The zero-order valence-corrected chi connectivity index (χ0v) is 10.6. The van der Waals surface area contributed by atoms with Crippen molar-refractivity contribution in [2.45, 2.75) is 6.92 Å². The number of carbonyl (C=O) groups excluding carboxylic acids is 1. The minimum absolute atomic E-state index is 0.0642. The molecule has 4 nitrogen and oxygen atoms in total. The molecule has 0 radical (unpaired) electrons. The second-order valence-corrected chi connectivity index (χ2v) is 3.89. The van der Waals surface area contributed by atoms with E-state index in [-0.39, 0.29) is 19.1 Å². The van der Waals surface area contributed by atoms with Gasteiger partial charge in [-0.1, -0.05) is 17.9 Å². The monoisotopic (exact) mass is 247 g/mol. The van der Waals surface area contributed by atoms with Crippen molar-refractivity contribution in [2.24, 2.45) is 0 Å². The van der Waals surface area contributed by atoms with E-state index in [1.165, 1.54) is 4.90 Å². The van der Waals surface area contributed by atoms with Gasteiger partial charge >= 0.3 is 0 Å². The van der Waals surface area contributed by atoms with Gasteiger partial charge in [-0.25, -0.2) is 0 Å². The molecule has 4 heteroatoms. The molecule has 0 unspecified atom stereocenters. The van der Waals surface area contributed by atoms with Gasteiger partial charge in [0.2, 0.25) is 0 Å². The van der Waals surface area contributed by atoms with E-state index in [1.807, 2.05) is 6.92 Å². The Morgan fingerprint density at radius 2 is 2.11 bits per heavy atom. The Morgan fingerprint density at radius 1 is 1.39 bits per heavy atom. The molecule has 0 spiro atoms. The lowest BCUT2D eigenvalue weighted by Crippen LogP contribution is -2.30. The molecule has 0 bridgehead atoms. The summed E-state index contributed by atoms with van der Waals surface area (Å²) >= 11 is 0. The highest BCUT2D eigenvalue weighted by Crippen LogP contribution is 2.14. The minimum atomic E-state index is -0.206. The van der Waals surface area contributed by atoms with E-state index in [9.17, 15) is 4.79 Å². The van der Waals surface area contributed by atoms with Crippen LogP contribution in [-0.2, 0) is 0 Å². The van der Waals surface area contributed by atoms with Gasteiger partial charge in [0.1, 0.15) is 6.61 Å². The molecule has 0 aliphatic heterocycles. The molecule has 2 N–H and O–H groups in total. The highest BCUT2D eigenvalue weighted by atomic mass is 16.3. The molecular weight excluding hydrogens is 230 g/mol. The number of carbonyl (C=O) groups is 1. The number of hydrogen-bond acceptors (Lipinski definition) is 3. The summed E-state index contributed by atoms with van der Waals surface area (Å²) < 4.78 is 0. The van der Waals surface area contributed by atoms with Crippen molar-refractivity contribution in [3.63, 3.8) is 0 Å². The van der Waals surface area contributed by atoms with Crippen LogP contribution in [0.1, 0.15) is 21.5 Å². The van der Waals surface area contributed by atoms with Crippen molar-refractivity contribution in [2.75, 3.05) is 26.8 Å². The Bertz CT molecular complexity index is 486. The fourth-order valence-corrected chi connectivity index (χ4v) is 1.59. The zero-order valence-electron chi connectivity index (χ0n) is 10.6. The number of amides is 1. The van der Waals surface area contributed by atoms with Gasteiger partial charge in [0.05, 0.1) is 6.61 Å². The predicted octanol–water partition coefficient (Wildman–Crippen LogP) is 0.403. The molecule has 0 heterocycles. The van der Waals surface area contributed by atoms with Crippen molar-refractivity contribution < 1.29 is 15.0 Å². The van der Waals surface area contributed by atoms with Crippen LogP contribution in [0.15, 0.2) is 18.2 Å². The summed E-state index contributed by atoms with van der Waals surface area (Å²) in [6.07, 6.45) is 0. The molecule has 0 aliphatic carbocycles. The van der Waals surface area contributed by atoms with E-state index in [1.54, 1.807) is 25.2 Å². The van der Waals surface area contributed by atoms with E-state index in [0.717, 1.165) is 11.1 Å². The molecule has 0 aromatic heterocycles. The van der Waals surface area contributed by atoms with Crippen LogP contribution in [0.25, 0.3) is 0 Å². The molecule has 1 rings (SSSR count). The third-order valence-corrected chi connectivity index (χ3v) is 2.65. The maximum Gasteiger partial charge on any atom is 0.253 e. The average molecular weight is 247 g/mol. The fourth-order valence-electron chi connectivity index (χ4n) is 1.59. The first-order valence-corrected chi connectivity index (χ1v) is 5.67. The summed E-state index contributed by atoms with van der Waals surface area (Å²) in [4.78, 5) is 13.6. The van der Waals surface area contributed by atoms with Crippen LogP contribution in [0.4, 0.5) is 0 Å². The van der Waals surface area contributed by atoms with Crippen molar-refractivity contribution in [1.82, 2.24) is 4.90 Å². The van der Waals surface area contributed by atoms with Crippen molar-refractivity contribution >= 4 is 5.91 Å². The Morgan fingerprint density at radius 3 is 2.72 bits per heavy atom. The molecule has 0 saturated heterocycles. The van der Waals surface area contributed by atoms with Crippen LogP contribution in [0, 0.1) is 18.8 Å². The fraction of sp³-hybridized carbons (Fsp3) is 0.357. The van der Waals surface area contributed by atoms with Crippen LogP contribution >= 0.6 is 0 Å². The Labute approximate surface area is 107 Å². The maximum absolute atomic E-state index is 12.1. The van der Waals surface area contributed by atoms with Gasteiger partial charge < -0.3 is 15.1 Å². The summed E-state index contributed by atoms with van der Waals surface area (Å²) in [6, 6.07) is 5.30. The summed E-state index contributed by atoms with van der Waals surface area (Å²) in [5.74, 6) is 5.23. The Kier molecular flexibility index (Phi) is 5.37. The number of hydrogen-bond donors (Lipinski definition) is 2. The second-order valence-electron chi connectivity index (χ2n) is 3.89. The van der Waals surface area contributed by atoms with E-state index >= 15 is 0 Å². The quantitative estimate of drug-likeness (QED) is 0.760. The first-order chi connectivity index (χ1) is 8.61. The summed E-state index contributed by atoms with van der Waals surface area (Å²) in [5, 5.41) is 17.5. The van der Waals surface area contributed by atoms with Gasteiger partial charge in [-0.15, -0.1) is 0 Å². The SMILES string of the molecule is Cc1c(C#CCO)cccc1C(=O)N(C)CCO. The largest absolute Gasteiger partial charge is 0.395 e. The normalized spacial score (nSPS) is 9.56. The maximum atomic E-state index is 12.1. The third-order valence-electron chi connectivity index (χ3n) is 2.65. The predicted molar refractivity (Wildman–Crippen MR) is 69.2 cm³/mol. The third kappa shape index (κ3) is 3.33. The lowest BCUT2D eigenvalue weighted by Gasteiger charge is -2.17. The van der Waals surface area contributed by atoms with Gasteiger partial charge in [0, 0.05) is 24.7 Å². The standard InChI is InChI=1S/C14H17NO3/c1-11-12(6-4-9-16)5-3-7-13(11)14(18)15(2)8-10-17/h3,5,7,16-17H,8-10H2,1-2H3. The highest BCUT2D eigenvalue weighted by molar-refractivity contribution is 5.96. The molecule has 0 aliphatic rings. The first kappa shape index (κ1) is 14.2. The van der Waals surface area contributed by atoms with Crippen LogP contribution < -0.4 is 0 Å². The van der Waals surface area contributed by atoms with Gasteiger partial charge in [-0.05, 0) is 24.6 Å². The van der Waals surface area contributed by atoms with E-state index in [2.05, 4.69) is 11.8 Å².